The van der Waals surface area contributed by atoms with Crippen LogP contribution in [0.25, 0.3) is 0 Å². The topological polar surface area (TPSA) is 73.0 Å². The van der Waals surface area contributed by atoms with Crippen molar-refractivity contribution < 1.29 is 13.7 Å². The van der Waals surface area contributed by atoms with E-state index in [1.54, 1.807) is 0 Å². The van der Waals surface area contributed by atoms with Crippen molar-refractivity contribution in [3.8, 4) is 0 Å². The predicted molar refractivity (Wildman–Crippen MR) is 63.5 cm³/mol. The SMILES string of the molecule is Cn1cc([N+](=O)[O-])c(NCc2cc(F)ccc2F)n1. The predicted octanol–water partition coefficient (Wildman–Crippen LogP) is 2.22. The second kappa shape index (κ2) is 5.01. The second-order valence-electron chi connectivity index (χ2n) is 3.88. The van der Waals surface area contributed by atoms with Gasteiger partial charge in [-0.1, -0.05) is 0 Å². The largest absolute Gasteiger partial charge is 0.359 e. The first-order valence-corrected chi connectivity index (χ1v) is 5.33. The highest BCUT2D eigenvalue weighted by Crippen LogP contribution is 2.22. The smallest absolute Gasteiger partial charge is 0.330 e. The number of aryl methyl sites for hydroxylation is 1. The van der Waals surface area contributed by atoms with Crippen molar-refractivity contribution in [1.82, 2.24) is 9.78 Å². The van der Waals surface area contributed by atoms with Gasteiger partial charge in [-0.2, -0.15) is 0 Å². The quantitative estimate of drug-likeness (QED) is 0.681. The third-order valence-corrected chi connectivity index (χ3v) is 2.46. The van der Waals surface area contributed by atoms with Crippen LogP contribution in [0.3, 0.4) is 0 Å². The third kappa shape index (κ3) is 2.84. The van der Waals surface area contributed by atoms with E-state index in [0.717, 1.165) is 18.2 Å². The van der Waals surface area contributed by atoms with Gasteiger partial charge in [-0.15, -0.1) is 5.10 Å². The van der Waals surface area contributed by atoms with Gasteiger partial charge in [-0.05, 0) is 18.2 Å². The van der Waals surface area contributed by atoms with Crippen molar-refractivity contribution in [3.05, 3.63) is 51.7 Å². The van der Waals surface area contributed by atoms with Crippen LogP contribution in [-0.4, -0.2) is 14.7 Å². The molecule has 2 aromatic rings. The zero-order valence-electron chi connectivity index (χ0n) is 9.93. The van der Waals surface area contributed by atoms with Gasteiger partial charge in [0.2, 0.25) is 5.82 Å². The molecule has 0 saturated heterocycles. The molecule has 0 amide bonds. The van der Waals surface area contributed by atoms with E-state index >= 15 is 0 Å². The Kier molecular flexibility index (Phi) is 3.41. The van der Waals surface area contributed by atoms with Crippen LogP contribution in [0, 0.1) is 21.7 Å². The number of hydrogen-bond donors (Lipinski definition) is 1. The molecule has 0 saturated carbocycles. The average molecular weight is 268 g/mol. The third-order valence-electron chi connectivity index (χ3n) is 2.46. The molecule has 0 fully saturated rings. The molecule has 1 aromatic heterocycles. The maximum Gasteiger partial charge on any atom is 0.330 e. The maximum atomic E-state index is 13.4. The van der Waals surface area contributed by atoms with Crippen LogP contribution in [0.15, 0.2) is 24.4 Å². The minimum Gasteiger partial charge on any atom is -0.359 e. The first kappa shape index (κ1) is 12.9. The van der Waals surface area contributed by atoms with E-state index < -0.39 is 16.6 Å². The van der Waals surface area contributed by atoms with E-state index in [1.165, 1.54) is 17.9 Å². The second-order valence-corrected chi connectivity index (χ2v) is 3.88. The summed E-state index contributed by atoms with van der Waals surface area (Å²) in [6, 6.07) is 3.03. The molecule has 0 aliphatic carbocycles. The highest BCUT2D eigenvalue weighted by Gasteiger charge is 2.18. The Hall–Kier alpha value is -2.51. The Labute approximate surface area is 106 Å². The molecule has 0 unspecified atom stereocenters. The van der Waals surface area contributed by atoms with E-state index in [4.69, 9.17) is 0 Å². The molecule has 0 radical (unpaired) electrons. The molecule has 19 heavy (non-hydrogen) atoms. The Morgan fingerprint density at radius 2 is 2.21 bits per heavy atom. The molecular weight excluding hydrogens is 258 g/mol. The van der Waals surface area contributed by atoms with Gasteiger partial charge < -0.3 is 5.32 Å². The molecule has 0 spiro atoms. The van der Waals surface area contributed by atoms with Crippen molar-refractivity contribution in [1.29, 1.82) is 0 Å². The van der Waals surface area contributed by atoms with E-state index in [2.05, 4.69) is 10.4 Å². The van der Waals surface area contributed by atoms with Gasteiger partial charge in [0.15, 0.2) is 0 Å². The molecule has 6 nitrogen and oxygen atoms in total. The standard InChI is InChI=1S/C11H10F2N4O2/c1-16-6-10(17(18)19)11(15-16)14-5-7-4-8(12)2-3-9(7)13/h2-4,6H,5H2,1H3,(H,14,15). The Bertz CT molecular complexity index is 627. The number of rotatable bonds is 4. The number of hydrogen-bond acceptors (Lipinski definition) is 4. The number of benzene rings is 1. The van der Waals surface area contributed by atoms with Gasteiger partial charge >= 0.3 is 5.69 Å². The van der Waals surface area contributed by atoms with Crippen LogP contribution >= 0.6 is 0 Å². The lowest BCUT2D eigenvalue weighted by atomic mass is 10.2. The van der Waals surface area contributed by atoms with Crippen LogP contribution in [0.4, 0.5) is 20.3 Å². The summed E-state index contributed by atoms with van der Waals surface area (Å²) < 4.78 is 27.6. The van der Waals surface area contributed by atoms with Crippen molar-refractivity contribution in [2.45, 2.75) is 6.54 Å². The van der Waals surface area contributed by atoms with Crippen LogP contribution in [0.1, 0.15) is 5.56 Å². The number of nitro groups is 1. The molecule has 1 aromatic carbocycles. The van der Waals surface area contributed by atoms with Gasteiger partial charge in [0.05, 0.1) is 4.92 Å². The van der Waals surface area contributed by atoms with Crippen LogP contribution in [0.5, 0.6) is 0 Å². The fourth-order valence-corrected chi connectivity index (χ4v) is 1.59. The Balaban J connectivity index is 2.19. The maximum absolute atomic E-state index is 13.4. The summed E-state index contributed by atoms with van der Waals surface area (Å²) in [4.78, 5) is 10.1. The van der Waals surface area contributed by atoms with E-state index in [1.807, 2.05) is 0 Å². The lowest BCUT2D eigenvalue weighted by Gasteiger charge is -2.04. The van der Waals surface area contributed by atoms with Crippen molar-refractivity contribution >= 4 is 11.5 Å². The van der Waals surface area contributed by atoms with Gasteiger partial charge in [0, 0.05) is 19.2 Å². The summed E-state index contributed by atoms with van der Waals surface area (Å²) in [5.41, 5.74) is -0.153. The molecule has 100 valence electrons. The van der Waals surface area contributed by atoms with Crippen molar-refractivity contribution in [2.24, 2.45) is 7.05 Å². The number of halogens is 2. The highest BCUT2D eigenvalue weighted by atomic mass is 19.1. The van der Waals surface area contributed by atoms with Crippen LogP contribution < -0.4 is 5.32 Å². The number of anilines is 1. The molecule has 0 atom stereocenters. The summed E-state index contributed by atoms with van der Waals surface area (Å²) in [7, 11) is 1.53. The number of aromatic nitrogens is 2. The number of nitrogens with zero attached hydrogens (tertiary/aromatic N) is 3. The average Bonchev–Trinajstić information content (AvgIpc) is 2.72. The fraction of sp³-hybridized carbons (Fsp3) is 0.182. The van der Waals surface area contributed by atoms with E-state index in [0.29, 0.717) is 0 Å². The van der Waals surface area contributed by atoms with Crippen molar-refractivity contribution in [2.75, 3.05) is 5.32 Å². The lowest BCUT2D eigenvalue weighted by molar-refractivity contribution is -0.384. The summed E-state index contributed by atoms with van der Waals surface area (Å²) in [5.74, 6) is -1.16. The fourth-order valence-electron chi connectivity index (χ4n) is 1.59. The van der Waals surface area contributed by atoms with Crippen LogP contribution in [-0.2, 0) is 13.6 Å². The summed E-state index contributed by atoms with van der Waals surface area (Å²) in [6.07, 6.45) is 1.23. The minimum absolute atomic E-state index is 0.0103. The molecule has 1 heterocycles. The molecular formula is C11H10F2N4O2. The summed E-state index contributed by atoms with van der Waals surface area (Å²) >= 11 is 0. The van der Waals surface area contributed by atoms with Gasteiger partial charge in [-0.3, -0.25) is 14.8 Å². The molecule has 8 heteroatoms. The minimum atomic E-state index is -0.600. The van der Waals surface area contributed by atoms with Gasteiger partial charge in [0.1, 0.15) is 17.8 Å². The van der Waals surface area contributed by atoms with Crippen LogP contribution in [0.2, 0.25) is 0 Å². The lowest BCUT2D eigenvalue weighted by Crippen LogP contribution is -2.05. The van der Waals surface area contributed by atoms with Gasteiger partial charge in [0.25, 0.3) is 0 Å². The molecule has 1 N–H and O–H groups in total. The molecule has 2 rings (SSSR count). The van der Waals surface area contributed by atoms with Crippen molar-refractivity contribution in [3.63, 3.8) is 0 Å². The van der Waals surface area contributed by atoms with E-state index in [-0.39, 0.29) is 23.6 Å². The zero-order chi connectivity index (χ0) is 14.0. The van der Waals surface area contributed by atoms with Gasteiger partial charge in [-0.25, -0.2) is 8.78 Å². The Morgan fingerprint density at radius 1 is 1.47 bits per heavy atom. The summed E-state index contributed by atoms with van der Waals surface area (Å²) in [5, 5.41) is 17.2. The van der Waals surface area contributed by atoms with E-state index in [9.17, 15) is 18.9 Å². The zero-order valence-corrected chi connectivity index (χ0v) is 9.93. The Morgan fingerprint density at radius 3 is 2.89 bits per heavy atom. The first-order valence-electron chi connectivity index (χ1n) is 5.33. The monoisotopic (exact) mass is 268 g/mol. The number of nitrogens with one attached hydrogen (secondary N) is 1. The first-order chi connectivity index (χ1) is 8.97. The molecule has 0 aliphatic rings. The normalized spacial score (nSPS) is 10.5. The highest BCUT2D eigenvalue weighted by molar-refractivity contribution is 5.54. The summed E-state index contributed by atoms with van der Waals surface area (Å²) in [6.45, 7) is -0.0958. The molecule has 0 aliphatic heterocycles. The molecule has 0 bridgehead atoms.